The largest absolute Gasteiger partial charge is 0.481 e. The molecule has 2 atom stereocenters. The molecule has 2 aromatic rings. The number of rotatable bonds is 6. The molecule has 5 nitrogen and oxygen atoms in total. The summed E-state index contributed by atoms with van der Waals surface area (Å²) in [6, 6.07) is 13.5. The Bertz CT molecular complexity index is 708. The van der Waals surface area contributed by atoms with E-state index in [1.165, 1.54) is 4.90 Å². The predicted molar refractivity (Wildman–Crippen MR) is 88.5 cm³/mol. The summed E-state index contributed by atoms with van der Waals surface area (Å²) in [5.41, 5.74) is 0. The highest BCUT2D eigenvalue weighted by molar-refractivity contribution is 5.89. The highest BCUT2D eigenvalue weighted by Gasteiger charge is 2.23. The van der Waals surface area contributed by atoms with Crippen molar-refractivity contribution in [3.63, 3.8) is 0 Å². The van der Waals surface area contributed by atoms with Crippen LogP contribution in [-0.4, -0.2) is 41.6 Å². The molecule has 0 bridgehead atoms. The van der Waals surface area contributed by atoms with Crippen LogP contribution >= 0.6 is 0 Å². The number of likely N-dealkylation sites (N-methyl/N-ethyl adjacent to an activating group) is 1. The lowest BCUT2D eigenvalue weighted by atomic mass is 10.1. The smallest absolute Gasteiger partial charge is 0.308 e. The number of ether oxygens (including phenoxy) is 1. The lowest BCUT2D eigenvalue weighted by Gasteiger charge is -2.24. The summed E-state index contributed by atoms with van der Waals surface area (Å²) in [6.07, 6.45) is -0.688. The lowest BCUT2D eigenvalue weighted by Crippen LogP contribution is -2.41. The Labute approximate surface area is 135 Å². The van der Waals surface area contributed by atoms with Gasteiger partial charge in [-0.25, -0.2) is 0 Å². The second-order valence-electron chi connectivity index (χ2n) is 5.70. The fraction of sp³-hybridized carbons (Fsp3) is 0.333. The Kier molecular flexibility index (Phi) is 5.21. The maximum atomic E-state index is 12.3. The van der Waals surface area contributed by atoms with Crippen LogP contribution in [0.2, 0.25) is 0 Å². The van der Waals surface area contributed by atoms with Gasteiger partial charge < -0.3 is 14.7 Å². The van der Waals surface area contributed by atoms with Crippen molar-refractivity contribution in [2.75, 3.05) is 13.6 Å². The molecule has 0 aliphatic rings. The zero-order valence-corrected chi connectivity index (χ0v) is 13.5. The molecule has 0 aliphatic carbocycles. The zero-order chi connectivity index (χ0) is 17.0. The third-order valence-corrected chi connectivity index (χ3v) is 3.75. The number of hydrogen-bond acceptors (Lipinski definition) is 3. The van der Waals surface area contributed by atoms with Crippen LogP contribution in [0.5, 0.6) is 5.75 Å². The van der Waals surface area contributed by atoms with E-state index in [1.807, 2.05) is 42.5 Å². The van der Waals surface area contributed by atoms with Crippen LogP contribution in [0.1, 0.15) is 13.8 Å². The maximum absolute atomic E-state index is 12.3. The number of carbonyl (C=O) groups is 2. The number of aliphatic carboxylic acids is 1. The van der Waals surface area contributed by atoms with Gasteiger partial charge in [-0.3, -0.25) is 9.59 Å². The molecule has 23 heavy (non-hydrogen) atoms. The topological polar surface area (TPSA) is 66.8 Å². The standard InChI is InChI=1S/C18H21NO4/c1-12(18(21)22)11-19(3)17(20)13(2)23-16-10-6-8-14-7-4-5-9-15(14)16/h4-10,12-13H,11H2,1-3H3,(H,21,22). The Morgan fingerprint density at radius 3 is 2.48 bits per heavy atom. The minimum Gasteiger partial charge on any atom is -0.481 e. The van der Waals surface area contributed by atoms with Crippen molar-refractivity contribution >= 4 is 22.6 Å². The van der Waals surface area contributed by atoms with Gasteiger partial charge in [-0.1, -0.05) is 43.3 Å². The van der Waals surface area contributed by atoms with E-state index in [9.17, 15) is 9.59 Å². The number of benzene rings is 2. The van der Waals surface area contributed by atoms with Gasteiger partial charge in [-0.05, 0) is 18.4 Å². The van der Waals surface area contributed by atoms with Crippen molar-refractivity contribution in [3.8, 4) is 5.75 Å². The van der Waals surface area contributed by atoms with Gasteiger partial charge in [0.1, 0.15) is 5.75 Å². The van der Waals surface area contributed by atoms with Crippen molar-refractivity contribution in [2.24, 2.45) is 5.92 Å². The predicted octanol–water partition coefficient (Wildman–Crippen LogP) is 2.79. The molecule has 2 unspecified atom stereocenters. The van der Waals surface area contributed by atoms with Crippen LogP contribution in [0.4, 0.5) is 0 Å². The van der Waals surface area contributed by atoms with E-state index in [4.69, 9.17) is 9.84 Å². The summed E-state index contributed by atoms with van der Waals surface area (Å²) in [4.78, 5) is 24.6. The van der Waals surface area contributed by atoms with Crippen molar-refractivity contribution < 1.29 is 19.4 Å². The summed E-state index contributed by atoms with van der Waals surface area (Å²) in [7, 11) is 1.59. The van der Waals surface area contributed by atoms with Crippen LogP contribution in [0.15, 0.2) is 42.5 Å². The molecule has 0 aromatic heterocycles. The number of nitrogens with zero attached hydrogens (tertiary/aromatic N) is 1. The third-order valence-electron chi connectivity index (χ3n) is 3.75. The number of hydrogen-bond donors (Lipinski definition) is 1. The Morgan fingerprint density at radius 1 is 1.13 bits per heavy atom. The first-order chi connectivity index (χ1) is 10.9. The van der Waals surface area contributed by atoms with E-state index in [2.05, 4.69) is 0 Å². The average Bonchev–Trinajstić information content (AvgIpc) is 2.54. The third kappa shape index (κ3) is 4.00. The van der Waals surface area contributed by atoms with E-state index in [1.54, 1.807) is 20.9 Å². The summed E-state index contributed by atoms with van der Waals surface area (Å²) in [5.74, 6) is -1.14. The zero-order valence-electron chi connectivity index (χ0n) is 13.5. The van der Waals surface area contributed by atoms with E-state index >= 15 is 0 Å². The molecule has 0 fully saturated rings. The molecule has 0 aliphatic heterocycles. The fourth-order valence-electron chi connectivity index (χ4n) is 2.43. The minimum atomic E-state index is -0.924. The molecule has 2 rings (SSSR count). The number of fused-ring (bicyclic) bond motifs is 1. The van der Waals surface area contributed by atoms with Crippen molar-refractivity contribution in [3.05, 3.63) is 42.5 Å². The number of amides is 1. The molecule has 122 valence electrons. The number of carboxylic acids is 1. The van der Waals surface area contributed by atoms with Crippen molar-refractivity contribution in [1.82, 2.24) is 4.90 Å². The first-order valence-electron chi connectivity index (χ1n) is 7.52. The highest BCUT2D eigenvalue weighted by atomic mass is 16.5. The van der Waals surface area contributed by atoms with Crippen LogP contribution in [0.3, 0.4) is 0 Å². The van der Waals surface area contributed by atoms with Gasteiger partial charge in [0.25, 0.3) is 5.91 Å². The van der Waals surface area contributed by atoms with Gasteiger partial charge in [0, 0.05) is 19.0 Å². The fourth-order valence-corrected chi connectivity index (χ4v) is 2.43. The second kappa shape index (κ2) is 7.13. The monoisotopic (exact) mass is 315 g/mol. The average molecular weight is 315 g/mol. The summed E-state index contributed by atoms with van der Waals surface area (Å²) >= 11 is 0. The van der Waals surface area contributed by atoms with Gasteiger partial charge in [0.2, 0.25) is 0 Å². The lowest BCUT2D eigenvalue weighted by molar-refractivity contribution is -0.144. The van der Waals surface area contributed by atoms with Crippen molar-refractivity contribution in [1.29, 1.82) is 0 Å². The van der Waals surface area contributed by atoms with E-state index in [-0.39, 0.29) is 12.5 Å². The Balaban J connectivity index is 2.09. The molecule has 0 spiro atoms. The van der Waals surface area contributed by atoms with E-state index in [0.717, 1.165) is 10.8 Å². The molecule has 0 heterocycles. The molecule has 0 saturated carbocycles. The SMILES string of the molecule is CC(CN(C)C(=O)C(C)Oc1cccc2ccccc12)C(=O)O. The molecule has 1 N–H and O–H groups in total. The maximum Gasteiger partial charge on any atom is 0.308 e. The molecule has 5 heteroatoms. The van der Waals surface area contributed by atoms with Crippen LogP contribution in [-0.2, 0) is 9.59 Å². The second-order valence-corrected chi connectivity index (χ2v) is 5.70. The number of carbonyl (C=O) groups excluding carboxylic acids is 1. The quantitative estimate of drug-likeness (QED) is 0.890. The molecule has 0 saturated heterocycles. The van der Waals surface area contributed by atoms with E-state index < -0.39 is 18.0 Å². The van der Waals surface area contributed by atoms with Crippen LogP contribution in [0.25, 0.3) is 10.8 Å². The summed E-state index contributed by atoms with van der Waals surface area (Å²) in [6.45, 7) is 3.39. The van der Waals surface area contributed by atoms with Gasteiger partial charge >= 0.3 is 5.97 Å². The first kappa shape index (κ1) is 16.8. The van der Waals surface area contributed by atoms with Gasteiger partial charge in [0.05, 0.1) is 5.92 Å². The van der Waals surface area contributed by atoms with Gasteiger partial charge in [0.15, 0.2) is 6.10 Å². The van der Waals surface area contributed by atoms with E-state index in [0.29, 0.717) is 5.75 Å². The summed E-state index contributed by atoms with van der Waals surface area (Å²) in [5, 5.41) is 10.9. The summed E-state index contributed by atoms with van der Waals surface area (Å²) < 4.78 is 5.81. The highest BCUT2D eigenvalue weighted by Crippen LogP contribution is 2.26. The molecule has 0 radical (unpaired) electrons. The minimum absolute atomic E-state index is 0.150. The Hall–Kier alpha value is -2.56. The van der Waals surface area contributed by atoms with Gasteiger partial charge in [-0.15, -0.1) is 0 Å². The van der Waals surface area contributed by atoms with Crippen molar-refractivity contribution in [2.45, 2.75) is 20.0 Å². The number of carboxylic acid groups (broad SMARTS) is 1. The van der Waals surface area contributed by atoms with Gasteiger partial charge in [-0.2, -0.15) is 0 Å². The molecule has 1 amide bonds. The molecule has 2 aromatic carbocycles. The normalized spacial score (nSPS) is 13.3. The Morgan fingerprint density at radius 2 is 1.78 bits per heavy atom. The molecular weight excluding hydrogens is 294 g/mol. The first-order valence-corrected chi connectivity index (χ1v) is 7.52. The van der Waals surface area contributed by atoms with Crippen LogP contribution in [0, 0.1) is 5.92 Å². The molecular formula is C18H21NO4. The van der Waals surface area contributed by atoms with Crippen LogP contribution < -0.4 is 4.74 Å².